The van der Waals surface area contributed by atoms with Crippen LogP contribution in [0.1, 0.15) is 48.2 Å². The molecule has 4 aromatic rings. The number of hydrogen-bond donors (Lipinski definition) is 6. The number of aromatic nitrogens is 3. The van der Waals surface area contributed by atoms with E-state index in [1.54, 1.807) is 71.6 Å². The number of nitrogens with two attached hydrogens (primary N) is 1. The summed E-state index contributed by atoms with van der Waals surface area (Å²) in [4.78, 5) is 53.7. The molecule has 1 aromatic carbocycles. The molecule has 0 saturated heterocycles. The lowest BCUT2D eigenvalue weighted by Crippen LogP contribution is -2.28. The molecular weight excluding hydrogens is 695 g/mol. The first kappa shape index (κ1) is 38.5. The van der Waals surface area contributed by atoms with Crippen LogP contribution >= 0.6 is 35.6 Å². The number of aryl methyl sites for hydroxylation is 3. The summed E-state index contributed by atoms with van der Waals surface area (Å²) in [6.07, 6.45) is 5.06. The van der Waals surface area contributed by atoms with Crippen molar-refractivity contribution in [2.75, 3.05) is 52.2 Å². The Morgan fingerprint density at radius 3 is 1.53 bits per heavy atom. The lowest BCUT2D eigenvalue weighted by atomic mass is 10.1. The predicted molar refractivity (Wildman–Crippen MR) is 196 cm³/mol. The molecule has 0 aliphatic heterocycles. The Labute approximate surface area is 299 Å². The lowest BCUT2D eigenvalue weighted by Gasteiger charge is -2.22. The van der Waals surface area contributed by atoms with E-state index in [1.807, 2.05) is 17.0 Å². The van der Waals surface area contributed by atoms with Crippen molar-refractivity contribution in [3.05, 3.63) is 83.7 Å². The van der Waals surface area contributed by atoms with Gasteiger partial charge in [0.25, 0.3) is 23.6 Å². The zero-order chi connectivity index (χ0) is 35.0. The summed E-state index contributed by atoms with van der Waals surface area (Å²) < 4.78 is 4.73. The Morgan fingerprint density at radius 1 is 0.714 bits per heavy atom. The summed E-state index contributed by atoms with van der Waals surface area (Å²) >= 11 is 11.8. The summed E-state index contributed by atoms with van der Waals surface area (Å²) in [5.74, 6) is -0.720. The number of hydrogen-bond acceptors (Lipinski definition) is 6. The van der Waals surface area contributed by atoms with Gasteiger partial charge in [-0.25, -0.2) is 0 Å². The summed E-state index contributed by atoms with van der Waals surface area (Å²) in [6.45, 7) is 1.48. The van der Waals surface area contributed by atoms with Crippen molar-refractivity contribution in [2.45, 2.75) is 6.42 Å². The number of carbonyl (C=O) groups is 4. The van der Waals surface area contributed by atoms with Gasteiger partial charge in [0, 0.05) is 88.8 Å². The molecule has 0 fully saturated rings. The maximum Gasteiger partial charge on any atom is 0.272 e. The zero-order valence-electron chi connectivity index (χ0n) is 27.2. The molecule has 0 spiro atoms. The van der Waals surface area contributed by atoms with Crippen LogP contribution in [0.25, 0.3) is 0 Å². The molecule has 0 aliphatic rings. The number of benzene rings is 1. The van der Waals surface area contributed by atoms with E-state index in [2.05, 4.69) is 21.3 Å². The third kappa shape index (κ3) is 10.0. The summed E-state index contributed by atoms with van der Waals surface area (Å²) in [6, 6.07) is 11.7. The highest BCUT2D eigenvalue weighted by molar-refractivity contribution is 6.18. The first-order valence-corrected chi connectivity index (χ1v) is 16.0. The van der Waals surface area contributed by atoms with Crippen LogP contribution in [0.5, 0.6) is 0 Å². The Hall–Kier alpha value is -4.92. The number of nitrogens with one attached hydrogen (secondary N) is 5. The molecule has 0 radical (unpaired) electrons. The van der Waals surface area contributed by atoms with Crippen molar-refractivity contribution in [3.63, 3.8) is 0 Å². The molecule has 262 valence electrons. The highest BCUT2D eigenvalue weighted by Crippen LogP contribution is 2.21. The minimum Gasteiger partial charge on any atom is -0.388 e. The largest absolute Gasteiger partial charge is 0.388 e. The Morgan fingerprint density at radius 2 is 1.12 bits per heavy atom. The molecule has 0 unspecified atom stereocenters. The van der Waals surface area contributed by atoms with Crippen molar-refractivity contribution in [1.82, 2.24) is 19.0 Å². The zero-order valence-corrected chi connectivity index (χ0v) is 29.5. The Kier molecular flexibility index (Phi) is 13.7. The second-order valence-electron chi connectivity index (χ2n) is 11.0. The SMILES string of the molecule is Cl.Cn1cc(NC(=O)c2cc(NC(=O)c3cc(NC(=O)c4ccc(N(CCCl)CCCl)cc4)cn3C)cn2C)cc1C(=O)NCCC(=N)N. The number of anilines is 4. The molecule has 0 aliphatic carbocycles. The van der Waals surface area contributed by atoms with Crippen LogP contribution in [0.4, 0.5) is 22.7 Å². The quantitative estimate of drug-likeness (QED) is 0.0604. The monoisotopic (exact) mass is 732 g/mol. The average Bonchev–Trinajstić information content (AvgIpc) is 3.71. The molecule has 3 heterocycles. The second kappa shape index (κ2) is 17.5. The van der Waals surface area contributed by atoms with Gasteiger partial charge in [0.2, 0.25) is 0 Å². The minimum absolute atomic E-state index is 0. The van der Waals surface area contributed by atoms with Crippen molar-refractivity contribution >= 4 is 87.8 Å². The van der Waals surface area contributed by atoms with Crippen LogP contribution in [0, 0.1) is 5.41 Å². The molecule has 3 aromatic heterocycles. The highest BCUT2D eigenvalue weighted by atomic mass is 35.5. The Balaban J connectivity index is 0.00000650. The standard InChI is InChI=1S/C32H38Cl2N10O4.ClH/c1-41-18-22(14-25(41)30(46)37-11-8-28(35)36)39-32(48)27-16-23(19-43(27)3)40-31(47)26-15-21(17-42(26)2)38-29(45)20-4-6-24(7-5-20)44(12-9-33)13-10-34;/h4-7,14-19H,8-13H2,1-3H3,(H3,35,36)(H,37,46)(H,38,45)(H,39,48)(H,40,47);1H. The number of amides is 4. The normalized spacial score (nSPS) is 10.6. The minimum atomic E-state index is -0.449. The smallest absolute Gasteiger partial charge is 0.272 e. The van der Waals surface area contributed by atoms with Gasteiger partial charge >= 0.3 is 0 Å². The lowest BCUT2D eigenvalue weighted by molar-refractivity contribution is 0.0944. The van der Waals surface area contributed by atoms with E-state index in [-0.39, 0.29) is 54.4 Å². The number of alkyl halides is 2. The van der Waals surface area contributed by atoms with Gasteiger partial charge in [-0.15, -0.1) is 35.6 Å². The molecule has 7 N–H and O–H groups in total. The fourth-order valence-corrected chi connectivity index (χ4v) is 5.38. The van der Waals surface area contributed by atoms with Gasteiger partial charge in [-0.2, -0.15) is 0 Å². The number of nitrogens with zero attached hydrogens (tertiary/aromatic N) is 4. The van der Waals surface area contributed by atoms with Crippen LogP contribution in [-0.4, -0.2) is 74.6 Å². The van der Waals surface area contributed by atoms with E-state index in [0.717, 1.165) is 5.69 Å². The highest BCUT2D eigenvalue weighted by Gasteiger charge is 2.19. The predicted octanol–water partition coefficient (Wildman–Crippen LogP) is 4.22. The van der Waals surface area contributed by atoms with Crippen LogP contribution in [0.3, 0.4) is 0 Å². The van der Waals surface area contributed by atoms with Crippen molar-refractivity contribution in [2.24, 2.45) is 26.9 Å². The van der Waals surface area contributed by atoms with Crippen LogP contribution < -0.4 is 31.9 Å². The van der Waals surface area contributed by atoms with Crippen molar-refractivity contribution < 1.29 is 19.2 Å². The molecule has 4 amide bonds. The first-order chi connectivity index (χ1) is 22.9. The average molecular weight is 734 g/mol. The molecule has 4 rings (SSSR count). The van der Waals surface area contributed by atoms with Crippen LogP contribution in [0.15, 0.2) is 61.1 Å². The van der Waals surface area contributed by atoms with Gasteiger partial charge < -0.3 is 45.6 Å². The molecular formula is C32H39Cl3N10O4. The maximum atomic E-state index is 13.2. The summed E-state index contributed by atoms with van der Waals surface area (Å²) in [5.41, 5.74) is 8.77. The number of amidine groups is 1. The van der Waals surface area contributed by atoms with E-state index in [4.69, 9.17) is 34.3 Å². The van der Waals surface area contributed by atoms with Gasteiger partial charge in [0.15, 0.2) is 0 Å². The molecule has 17 heteroatoms. The van der Waals surface area contributed by atoms with Gasteiger partial charge in [-0.3, -0.25) is 24.6 Å². The van der Waals surface area contributed by atoms with Gasteiger partial charge in [0.1, 0.15) is 17.1 Å². The third-order valence-corrected chi connectivity index (χ3v) is 7.71. The van der Waals surface area contributed by atoms with Gasteiger partial charge in [0.05, 0.1) is 22.9 Å². The van der Waals surface area contributed by atoms with Crippen molar-refractivity contribution in [3.8, 4) is 0 Å². The van der Waals surface area contributed by atoms with Crippen LogP contribution in [-0.2, 0) is 21.1 Å². The number of carbonyl (C=O) groups excluding carboxylic acids is 4. The van der Waals surface area contributed by atoms with Gasteiger partial charge in [-0.1, -0.05) is 0 Å². The van der Waals surface area contributed by atoms with Crippen LogP contribution in [0.2, 0.25) is 0 Å². The van der Waals surface area contributed by atoms with E-state index in [9.17, 15) is 19.2 Å². The fourth-order valence-electron chi connectivity index (χ4n) is 4.97. The van der Waals surface area contributed by atoms with E-state index < -0.39 is 11.8 Å². The second-order valence-corrected chi connectivity index (χ2v) is 11.7. The molecule has 0 saturated carbocycles. The number of rotatable bonds is 15. The number of halogens is 3. The molecule has 0 bridgehead atoms. The maximum absolute atomic E-state index is 13.2. The molecule has 49 heavy (non-hydrogen) atoms. The summed E-state index contributed by atoms with van der Waals surface area (Å²) in [5, 5.41) is 18.3. The summed E-state index contributed by atoms with van der Waals surface area (Å²) in [7, 11) is 5.02. The van der Waals surface area contributed by atoms with E-state index in [1.165, 1.54) is 12.1 Å². The van der Waals surface area contributed by atoms with E-state index in [0.29, 0.717) is 53.2 Å². The molecule has 0 atom stereocenters. The fraction of sp³-hybridized carbons (Fsp3) is 0.281. The Bertz CT molecular complexity index is 1810. The third-order valence-electron chi connectivity index (χ3n) is 7.37. The van der Waals surface area contributed by atoms with Crippen molar-refractivity contribution in [1.29, 1.82) is 5.41 Å². The van der Waals surface area contributed by atoms with E-state index >= 15 is 0 Å². The first-order valence-electron chi connectivity index (χ1n) is 14.9. The molecule has 14 nitrogen and oxygen atoms in total. The topological polar surface area (TPSA) is 184 Å². The van der Waals surface area contributed by atoms with Gasteiger partial charge in [-0.05, 0) is 42.5 Å².